The van der Waals surface area contributed by atoms with E-state index < -0.39 is 36.2 Å². The number of carbonyl (C=O) groups excluding carboxylic acids is 4. The molecule has 0 bridgehead atoms. The molecule has 0 unspecified atom stereocenters. The van der Waals surface area contributed by atoms with Gasteiger partial charge >= 0.3 is 17.9 Å². The van der Waals surface area contributed by atoms with Gasteiger partial charge in [0.15, 0.2) is 29.5 Å². The molecule has 0 saturated carbocycles. The van der Waals surface area contributed by atoms with E-state index in [1.807, 2.05) is 0 Å². The summed E-state index contributed by atoms with van der Waals surface area (Å²) in [5.74, 6) is -1.28. The van der Waals surface area contributed by atoms with Gasteiger partial charge in [0, 0.05) is 38.3 Å². The molecule has 0 N–H and O–H groups in total. The minimum atomic E-state index is -1.08. The maximum atomic E-state index is 13.0. The summed E-state index contributed by atoms with van der Waals surface area (Å²) in [6, 6.07) is 4.75. The number of hydrogen-bond donors (Lipinski definition) is 0. The Morgan fingerprint density at radius 2 is 1.55 bits per heavy atom. The van der Waals surface area contributed by atoms with E-state index in [2.05, 4.69) is 0 Å². The number of ketones is 1. The van der Waals surface area contributed by atoms with Crippen molar-refractivity contribution in [2.45, 2.75) is 45.5 Å². The van der Waals surface area contributed by atoms with Crippen molar-refractivity contribution in [3.8, 4) is 11.5 Å². The molecule has 154 valence electrons. The molecule has 29 heavy (non-hydrogen) atoms. The average molecular weight is 404 g/mol. The van der Waals surface area contributed by atoms with Crippen molar-refractivity contribution in [1.82, 2.24) is 0 Å². The number of carbonyl (C=O) groups is 4. The largest absolute Gasteiger partial charge is 0.458 e. The first-order valence-electron chi connectivity index (χ1n) is 8.91. The molecule has 0 fully saturated rings. The van der Waals surface area contributed by atoms with Gasteiger partial charge in [-0.15, -0.1) is 0 Å². The van der Waals surface area contributed by atoms with Crippen molar-refractivity contribution in [2.24, 2.45) is 0 Å². The molecule has 1 aliphatic carbocycles. The molecular formula is C20H20O9. The Labute approximate surface area is 166 Å². The fraction of sp³-hybridized carbons (Fsp3) is 0.400. The van der Waals surface area contributed by atoms with Gasteiger partial charge in [0.2, 0.25) is 6.79 Å². The minimum absolute atomic E-state index is 0.0113. The van der Waals surface area contributed by atoms with Gasteiger partial charge in [-0.3, -0.25) is 19.2 Å². The monoisotopic (exact) mass is 404 g/mol. The SMILES string of the molecule is CC(=O)O[C@@H]1[C@H](OC(C)=O)C=C(C(=O)c2ccc3c(c2)OCO3)C[C@H]1OC(C)=O. The number of fused-ring (bicyclic) bond motifs is 1. The van der Waals surface area contributed by atoms with Crippen LogP contribution in [0, 0.1) is 0 Å². The van der Waals surface area contributed by atoms with E-state index >= 15 is 0 Å². The lowest BCUT2D eigenvalue weighted by Gasteiger charge is -2.34. The number of benzene rings is 1. The second-order valence-corrected chi connectivity index (χ2v) is 6.59. The highest BCUT2D eigenvalue weighted by Gasteiger charge is 2.41. The molecule has 0 spiro atoms. The first-order chi connectivity index (χ1) is 13.7. The second kappa shape index (κ2) is 8.34. The van der Waals surface area contributed by atoms with Crippen molar-refractivity contribution >= 4 is 23.7 Å². The quantitative estimate of drug-likeness (QED) is 0.411. The van der Waals surface area contributed by atoms with Crippen LogP contribution in [0.15, 0.2) is 29.8 Å². The van der Waals surface area contributed by atoms with Crippen molar-refractivity contribution in [2.75, 3.05) is 6.79 Å². The standard InChI is InChI=1S/C20H20O9/c1-10(21)27-17-7-14(8-18(28-11(2)22)20(17)29-12(3)23)19(24)13-4-5-15-16(6-13)26-9-25-15/h4-7,17-18,20H,8-9H2,1-3H3/t17-,18-,20-/m1/s1. The van der Waals surface area contributed by atoms with E-state index in [1.165, 1.54) is 26.8 Å². The van der Waals surface area contributed by atoms with E-state index in [1.54, 1.807) is 18.2 Å². The van der Waals surface area contributed by atoms with Gasteiger partial charge in [-0.25, -0.2) is 0 Å². The minimum Gasteiger partial charge on any atom is -0.458 e. The molecule has 0 amide bonds. The molecule has 1 aromatic rings. The van der Waals surface area contributed by atoms with E-state index in [-0.39, 0.29) is 24.6 Å². The molecule has 3 rings (SSSR count). The van der Waals surface area contributed by atoms with Crippen LogP contribution in [0.2, 0.25) is 0 Å². The molecular weight excluding hydrogens is 384 g/mol. The Kier molecular flexibility index (Phi) is 5.86. The van der Waals surface area contributed by atoms with Gasteiger partial charge in [-0.05, 0) is 24.3 Å². The topological polar surface area (TPSA) is 114 Å². The normalized spacial score (nSPS) is 22.3. The van der Waals surface area contributed by atoms with E-state index in [0.717, 1.165) is 0 Å². The number of Topliss-reactive ketones (excluding diaryl/α,β-unsaturated/α-hetero) is 1. The number of esters is 3. The van der Waals surface area contributed by atoms with Gasteiger partial charge < -0.3 is 23.7 Å². The van der Waals surface area contributed by atoms with Crippen LogP contribution < -0.4 is 9.47 Å². The lowest BCUT2D eigenvalue weighted by molar-refractivity contribution is -0.180. The first-order valence-corrected chi connectivity index (χ1v) is 8.91. The fourth-order valence-corrected chi connectivity index (χ4v) is 3.25. The predicted octanol–water partition coefficient (Wildman–Crippen LogP) is 1.72. The molecule has 9 nitrogen and oxygen atoms in total. The van der Waals surface area contributed by atoms with Crippen molar-refractivity contribution in [3.05, 3.63) is 35.4 Å². The average Bonchev–Trinajstić information content (AvgIpc) is 3.10. The summed E-state index contributed by atoms with van der Waals surface area (Å²) < 4.78 is 26.2. The highest BCUT2D eigenvalue weighted by atomic mass is 16.7. The van der Waals surface area contributed by atoms with Gasteiger partial charge in [0.05, 0.1) is 0 Å². The summed E-state index contributed by atoms with van der Waals surface area (Å²) >= 11 is 0. The van der Waals surface area contributed by atoms with Crippen LogP contribution in [-0.4, -0.2) is 48.8 Å². The zero-order valence-corrected chi connectivity index (χ0v) is 16.1. The summed E-state index contributed by atoms with van der Waals surface area (Å²) in [6.07, 6.45) is -1.72. The van der Waals surface area contributed by atoms with Gasteiger partial charge in [0.1, 0.15) is 6.10 Å². The predicted molar refractivity (Wildman–Crippen MR) is 96.3 cm³/mol. The van der Waals surface area contributed by atoms with Gasteiger partial charge in [-0.1, -0.05) is 0 Å². The Morgan fingerprint density at radius 1 is 0.897 bits per heavy atom. The van der Waals surface area contributed by atoms with E-state index in [0.29, 0.717) is 17.1 Å². The molecule has 3 atom stereocenters. The number of ether oxygens (including phenoxy) is 5. The Balaban J connectivity index is 1.94. The summed E-state index contributed by atoms with van der Waals surface area (Å²) in [5, 5.41) is 0. The maximum Gasteiger partial charge on any atom is 0.303 e. The Bertz CT molecular complexity index is 886. The molecule has 9 heteroatoms. The smallest absolute Gasteiger partial charge is 0.303 e. The van der Waals surface area contributed by atoms with E-state index in [9.17, 15) is 19.2 Å². The summed E-state index contributed by atoms with van der Waals surface area (Å²) in [4.78, 5) is 47.6. The van der Waals surface area contributed by atoms with E-state index in [4.69, 9.17) is 23.7 Å². The zero-order valence-electron chi connectivity index (χ0n) is 16.1. The van der Waals surface area contributed by atoms with Gasteiger partial charge in [0.25, 0.3) is 0 Å². The van der Waals surface area contributed by atoms with Crippen LogP contribution >= 0.6 is 0 Å². The molecule has 0 radical (unpaired) electrons. The summed E-state index contributed by atoms with van der Waals surface area (Å²) in [6.45, 7) is 3.65. The van der Waals surface area contributed by atoms with Crippen molar-refractivity contribution in [1.29, 1.82) is 0 Å². The Morgan fingerprint density at radius 3 is 2.21 bits per heavy atom. The molecule has 1 heterocycles. The van der Waals surface area contributed by atoms with Crippen LogP contribution in [0.25, 0.3) is 0 Å². The molecule has 0 saturated heterocycles. The number of rotatable bonds is 5. The number of hydrogen-bond acceptors (Lipinski definition) is 9. The van der Waals surface area contributed by atoms with Crippen molar-refractivity contribution < 1.29 is 42.9 Å². The first kappa shape index (κ1) is 20.4. The fourth-order valence-electron chi connectivity index (χ4n) is 3.25. The third-order valence-electron chi connectivity index (χ3n) is 4.32. The molecule has 1 aromatic carbocycles. The highest BCUT2D eigenvalue weighted by Crippen LogP contribution is 2.35. The van der Waals surface area contributed by atoms with Crippen LogP contribution in [0.4, 0.5) is 0 Å². The zero-order chi connectivity index (χ0) is 21.1. The maximum absolute atomic E-state index is 13.0. The second-order valence-electron chi connectivity index (χ2n) is 6.59. The lowest BCUT2D eigenvalue weighted by Crippen LogP contribution is -2.47. The van der Waals surface area contributed by atoms with Crippen LogP contribution in [0.3, 0.4) is 0 Å². The summed E-state index contributed by atoms with van der Waals surface area (Å²) in [5.41, 5.74) is 0.583. The molecule has 0 aromatic heterocycles. The lowest BCUT2D eigenvalue weighted by atomic mass is 9.87. The van der Waals surface area contributed by atoms with Crippen LogP contribution in [0.1, 0.15) is 37.6 Å². The van der Waals surface area contributed by atoms with Crippen molar-refractivity contribution in [3.63, 3.8) is 0 Å². The van der Waals surface area contributed by atoms with Gasteiger partial charge in [-0.2, -0.15) is 0 Å². The third kappa shape index (κ3) is 4.74. The van der Waals surface area contributed by atoms with Crippen LogP contribution in [0.5, 0.6) is 11.5 Å². The summed E-state index contributed by atoms with van der Waals surface area (Å²) in [7, 11) is 0. The third-order valence-corrected chi connectivity index (χ3v) is 4.32. The molecule has 2 aliphatic rings. The highest BCUT2D eigenvalue weighted by molar-refractivity contribution is 6.09. The molecule has 1 aliphatic heterocycles. The Hall–Kier alpha value is -3.36. The van der Waals surface area contributed by atoms with Crippen LogP contribution in [-0.2, 0) is 28.6 Å².